The van der Waals surface area contributed by atoms with Gasteiger partial charge in [0.2, 0.25) is 5.43 Å². The number of carbonyl (C=O) groups excluding carboxylic acids is 1. The predicted octanol–water partition coefficient (Wildman–Crippen LogP) is 4.06. The molecule has 1 aromatic heterocycles. The Morgan fingerprint density at radius 1 is 1.10 bits per heavy atom. The van der Waals surface area contributed by atoms with Gasteiger partial charge in [0.25, 0.3) is 5.91 Å². The minimum Gasteiger partial charge on any atom is -0.486 e. The molecule has 0 saturated carbocycles. The van der Waals surface area contributed by atoms with Crippen molar-refractivity contribution >= 4 is 22.5 Å². The Morgan fingerprint density at radius 2 is 1.83 bits per heavy atom. The number of halogens is 3. The van der Waals surface area contributed by atoms with Crippen molar-refractivity contribution < 1.29 is 27.4 Å². The lowest BCUT2D eigenvalue weighted by atomic mass is 10.1. The summed E-state index contributed by atoms with van der Waals surface area (Å²) in [6, 6.07) is 7.73. The van der Waals surface area contributed by atoms with Crippen LogP contribution in [-0.2, 0) is 12.7 Å². The van der Waals surface area contributed by atoms with E-state index in [1.807, 2.05) is 0 Å². The highest BCUT2D eigenvalue weighted by atomic mass is 19.4. The van der Waals surface area contributed by atoms with Crippen molar-refractivity contribution in [1.29, 1.82) is 0 Å². The number of carbonyl (C=O) groups is 1. The largest absolute Gasteiger partial charge is 0.486 e. The molecule has 9 heteroatoms. The quantitative estimate of drug-likeness (QED) is 0.697. The number of benzene rings is 2. The normalized spacial score (nSPS) is 13.3. The monoisotopic (exact) mass is 418 g/mol. The van der Waals surface area contributed by atoms with Crippen LogP contribution in [0, 0.1) is 0 Å². The molecule has 4 rings (SSSR count). The molecule has 0 atom stereocenters. The highest BCUT2D eigenvalue weighted by molar-refractivity contribution is 6.06. The van der Waals surface area contributed by atoms with E-state index in [2.05, 4.69) is 5.32 Å². The molecule has 1 aliphatic rings. The maximum Gasteiger partial charge on any atom is 0.416 e. The number of amides is 1. The van der Waals surface area contributed by atoms with Gasteiger partial charge >= 0.3 is 6.18 Å². The Kier molecular flexibility index (Phi) is 4.89. The van der Waals surface area contributed by atoms with Crippen molar-refractivity contribution in [2.75, 3.05) is 18.5 Å². The van der Waals surface area contributed by atoms with Gasteiger partial charge in [0.05, 0.1) is 11.1 Å². The molecular formula is C21H17F3N2O4. The fourth-order valence-electron chi connectivity index (χ4n) is 3.32. The number of rotatable bonds is 3. The van der Waals surface area contributed by atoms with Crippen LogP contribution >= 0.6 is 0 Å². The number of nitrogens with zero attached hydrogens (tertiary/aromatic N) is 1. The van der Waals surface area contributed by atoms with Crippen molar-refractivity contribution in [2.24, 2.45) is 0 Å². The smallest absolute Gasteiger partial charge is 0.416 e. The van der Waals surface area contributed by atoms with E-state index in [0.717, 1.165) is 12.1 Å². The van der Waals surface area contributed by atoms with E-state index in [9.17, 15) is 22.8 Å². The number of fused-ring (bicyclic) bond motifs is 2. The van der Waals surface area contributed by atoms with Gasteiger partial charge in [0, 0.05) is 29.9 Å². The minimum absolute atomic E-state index is 0.165. The highest BCUT2D eigenvalue weighted by Gasteiger charge is 2.31. The van der Waals surface area contributed by atoms with Crippen LogP contribution in [0.4, 0.5) is 18.9 Å². The lowest BCUT2D eigenvalue weighted by molar-refractivity contribution is -0.137. The van der Waals surface area contributed by atoms with Crippen LogP contribution < -0.4 is 20.2 Å². The summed E-state index contributed by atoms with van der Waals surface area (Å²) < 4.78 is 51.8. The van der Waals surface area contributed by atoms with E-state index in [-0.39, 0.29) is 10.9 Å². The van der Waals surface area contributed by atoms with Gasteiger partial charge < -0.3 is 19.4 Å². The summed E-state index contributed by atoms with van der Waals surface area (Å²) in [6.07, 6.45) is -3.24. The minimum atomic E-state index is -4.60. The Labute approximate surface area is 168 Å². The number of ether oxygens (including phenoxy) is 2. The molecule has 1 aliphatic heterocycles. The number of aryl methyl sites for hydroxylation is 1. The number of hydrogen-bond acceptors (Lipinski definition) is 4. The molecule has 30 heavy (non-hydrogen) atoms. The van der Waals surface area contributed by atoms with E-state index in [1.54, 1.807) is 29.7 Å². The van der Waals surface area contributed by atoms with Crippen LogP contribution in [0.1, 0.15) is 22.8 Å². The highest BCUT2D eigenvalue weighted by Crippen LogP contribution is 2.33. The molecule has 0 bridgehead atoms. The summed E-state index contributed by atoms with van der Waals surface area (Å²) in [7, 11) is 0. The SMILES string of the molecule is CCn1cc(C(=O)Nc2ccc3c(c2)OCCO3)c(=O)c2cc(C(F)(F)F)ccc21. The maximum absolute atomic E-state index is 13.1. The van der Waals surface area contributed by atoms with E-state index in [0.29, 0.717) is 42.5 Å². The molecule has 0 saturated heterocycles. The molecule has 0 spiro atoms. The van der Waals surface area contributed by atoms with Gasteiger partial charge in [0.15, 0.2) is 11.5 Å². The van der Waals surface area contributed by atoms with E-state index >= 15 is 0 Å². The van der Waals surface area contributed by atoms with E-state index in [4.69, 9.17) is 9.47 Å². The summed E-state index contributed by atoms with van der Waals surface area (Å²) in [5.74, 6) is 0.273. The molecule has 0 aliphatic carbocycles. The summed E-state index contributed by atoms with van der Waals surface area (Å²) in [5.41, 5.74) is -1.27. The van der Waals surface area contributed by atoms with Crippen molar-refractivity contribution in [3.63, 3.8) is 0 Å². The first-order valence-electron chi connectivity index (χ1n) is 9.23. The van der Waals surface area contributed by atoms with Crippen LogP contribution in [-0.4, -0.2) is 23.7 Å². The zero-order valence-corrected chi connectivity index (χ0v) is 15.9. The Morgan fingerprint density at radius 3 is 2.53 bits per heavy atom. The van der Waals surface area contributed by atoms with Crippen molar-refractivity contribution in [1.82, 2.24) is 4.57 Å². The van der Waals surface area contributed by atoms with Gasteiger partial charge in [-0.15, -0.1) is 0 Å². The molecule has 3 aromatic rings. The number of anilines is 1. The standard InChI is InChI=1S/C21H17F3N2O4/c1-2-26-11-15(19(27)14-9-12(21(22,23)24)3-5-16(14)26)20(28)25-13-4-6-17-18(10-13)30-8-7-29-17/h3-6,9-11H,2,7-8H2,1H3,(H,25,28). The molecule has 1 N–H and O–H groups in total. The lowest BCUT2D eigenvalue weighted by Crippen LogP contribution is -2.24. The molecule has 2 heterocycles. The molecule has 0 fully saturated rings. The van der Waals surface area contributed by atoms with Crippen molar-refractivity contribution in [3.8, 4) is 11.5 Å². The van der Waals surface area contributed by atoms with Crippen LogP contribution in [0.25, 0.3) is 10.9 Å². The van der Waals surface area contributed by atoms with Gasteiger partial charge in [0.1, 0.15) is 18.8 Å². The Balaban J connectivity index is 1.75. The van der Waals surface area contributed by atoms with Gasteiger partial charge in [-0.3, -0.25) is 9.59 Å². The number of hydrogen-bond donors (Lipinski definition) is 1. The Hall–Kier alpha value is -3.49. The third-order valence-corrected chi connectivity index (χ3v) is 4.79. The fraction of sp³-hybridized carbons (Fsp3) is 0.238. The van der Waals surface area contributed by atoms with Crippen molar-refractivity contribution in [3.05, 3.63) is 63.9 Å². The summed E-state index contributed by atoms with van der Waals surface area (Å²) >= 11 is 0. The van der Waals surface area contributed by atoms with Gasteiger partial charge in [-0.2, -0.15) is 13.2 Å². The summed E-state index contributed by atoms with van der Waals surface area (Å²) in [4.78, 5) is 25.6. The zero-order chi connectivity index (χ0) is 21.5. The first kappa shape index (κ1) is 19.8. The second kappa shape index (κ2) is 7.40. The van der Waals surface area contributed by atoms with Gasteiger partial charge in [-0.05, 0) is 37.3 Å². The Bertz CT molecular complexity index is 1200. The maximum atomic E-state index is 13.1. The average Bonchev–Trinajstić information content (AvgIpc) is 2.73. The predicted molar refractivity (Wildman–Crippen MR) is 104 cm³/mol. The zero-order valence-electron chi connectivity index (χ0n) is 15.9. The first-order valence-corrected chi connectivity index (χ1v) is 9.23. The van der Waals surface area contributed by atoms with Crippen LogP contribution in [0.2, 0.25) is 0 Å². The number of aromatic nitrogens is 1. The van der Waals surface area contributed by atoms with Crippen LogP contribution in [0.3, 0.4) is 0 Å². The summed E-state index contributed by atoms with van der Waals surface area (Å²) in [6.45, 7) is 2.93. The van der Waals surface area contributed by atoms with Gasteiger partial charge in [-0.25, -0.2) is 0 Å². The second-order valence-electron chi connectivity index (χ2n) is 6.70. The van der Waals surface area contributed by atoms with Crippen LogP contribution in [0.15, 0.2) is 47.4 Å². The fourth-order valence-corrected chi connectivity index (χ4v) is 3.32. The third-order valence-electron chi connectivity index (χ3n) is 4.79. The number of pyridine rings is 1. The molecule has 0 radical (unpaired) electrons. The molecule has 156 valence electrons. The summed E-state index contributed by atoms with van der Waals surface area (Å²) in [5, 5.41) is 2.43. The topological polar surface area (TPSA) is 69.6 Å². The van der Waals surface area contributed by atoms with Crippen molar-refractivity contribution in [2.45, 2.75) is 19.6 Å². The lowest BCUT2D eigenvalue weighted by Gasteiger charge is -2.19. The molecule has 1 amide bonds. The first-order chi connectivity index (χ1) is 14.3. The van der Waals surface area contributed by atoms with E-state index in [1.165, 1.54) is 12.3 Å². The molecule has 6 nitrogen and oxygen atoms in total. The van der Waals surface area contributed by atoms with E-state index < -0.39 is 23.1 Å². The number of alkyl halides is 3. The van der Waals surface area contributed by atoms with Crippen LogP contribution in [0.5, 0.6) is 11.5 Å². The average molecular weight is 418 g/mol. The van der Waals surface area contributed by atoms with Gasteiger partial charge in [-0.1, -0.05) is 0 Å². The second-order valence-corrected chi connectivity index (χ2v) is 6.70. The molecular weight excluding hydrogens is 401 g/mol. The molecule has 2 aromatic carbocycles. The third kappa shape index (κ3) is 3.58. The number of nitrogens with one attached hydrogen (secondary N) is 1. The molecule has 0 unspecified atom stereocenters.